The maximum absolute atomic E-state index is 10.9. The molecule has 6 heteroatoms. The Kier molecular flexibility index (Phi) is 3.86. The largest absolute Gasteiger partial charge is 0.478 e. The molecule has 5 nitrogen and oxygen atoms in total. The smallest absolute Gasteiger partial charge is 0.337 e. The van der Waals surface area contributed by atoms with E-state index >= 15 is 0 Å². The molecule has 3 N–H and O–H groups in total. The van der Waals surface area contributed by atoms with E-state index < -0.39 is 5.97 Å². The highest BCUT2D eigenvalue weighted by Crippen LogP contribution is 2.29. The van der Waals surface area contributed by atoms with Gasteiger partial charge in [0.15, 0.2) is 0 Å². The lowest BCUT2D eigenvalue weighted by atomic mass is 10.2. The summed E-state index contributed by atoms with van der Waals surface area (Å²) in [6.45, 7) is 1.52. The Hall–Kier alpha value is -1.27. The van der Waals surface area contributed by atoms with Crippen molar-refractivity contribution in [1.82, 2.24) is 4.98 Å². The summed E-state index contributed by atoms with van der Waals surface area (Å²) in [6.07, 6.45) is 3.35. The number of rotatable bonds is 3. The van der Waals surface area contributed by atoms with Gasteiger partial charge >= 0.3 is 5.97 Å². The standard InChI is InChI=1S/C11H14N2O3S/c12-9-6-13-10(5-8(9)11(14)15)17-7-1-3-16-4-2-7/h5-7H,1-4,12H2,(H,14,15). The number of hydrogen-bond acceptors (Lipinski definition) is 5. The molecule has 0 atom stereocenters. The van der Waals surface area contributed by atoms with Gasteiger partial charge in [-0.3, -0.25) is 0 Å². The molecule has 2 heterocycles. The van der Waals surface area contributed by atoms with Crippen LogP contribution in [0.25, 0.3) is 0 Å². The molecule has 0 aliphatic carbocycles. The number of aromatic nitrogens is 1. The summed E-state index contributed by atoms with van der Waals surface area (Å²) in [5.74, 6) is -1.02. The molecule has 1 aliphatic rings. The number of ether oxygens (including phenoxy) is 1. The van der Waals surface area contributed by atoms with Crippen molar-refractivity contribution >= 4 is 23.4 Å². The minimum atomic E-state index is -1.02. The molecule has 1 aromatic rings. The third kappa shape index (κ3) is 3.10. The van der Waals surface area contributed by atoms with E-state index in [-0.39, 0.29) is 11.3 Å². The number of pyridine rings is 1. The van der Waals surface area contributed by atoms with Crippen molar-refractivity contribution in [1.29, 1.82) is 0 Å². The topological polar surface area (TPSA) is 85.4 Å². The van der Waals surface area contributed by atoms with Crippen molar-refractivity contribution in [2.75, 3.05) is 18.9 Å². The molecule has 0 spiro atoms. The van der Waals surface area contributed by atoms with Crippen molar-refractivity contribution in [2.24, 2.45) is 0 Å². The number of nitrogen functional groups attached to an aromatic ring is 1. The van der Waals surface area contributed by atoms with Crippen LogP contribution >= 0.6 is 11.8 Å². The van der Waals surface area contributed by atoms with Gasteiger partial charge in [0.2, 0.25) is 0 Å². The first kappa shape index (κ1) is 12.2. The van der Waals surface area contributed by atoms with E-state index in [9.17, 15) is 4.79 Å². The molecule has 0 aromatic carbocycles. The normalized spacial score (nSPS) is 16.9. The molecule has 0 unspecified atom stereocenters. The maximum atomic E-state index is 10.9. The van der Waals surface area contributed by atoms with E-state index in [0.717, 1.165) is 26.1 Å². The van der Waals surface area contributed by atoms with Crippen LogP contribution in [-0.4, -0.2) is 34.5 Å². The molecular formula is C11H14N2O3S. The summed E-state index contributed by atoms with van der Waals surface area (Å²) in [5, 5.41) is 10.1. The van der Waals surface area contributed by atoms with Crippen LogP contribution in [0.3, 0.4) is 0 Å². The highest BCUT2D eigenvalue weighted by atomic mass is 32.2. The molecule has 0 saturated carbocycles. The number of aromatic carboxylic acids is 1. The number of carboxylic acids is 1. The summed E-state index contributed by atoms with van der Waals surface area (Å²) in [7, 11) is 0. The zero-order valence-corrected chi connectivity index (χ0v) is 10.1. The van der Waals surface area contributed by atoms with E-state index in [0.29, 0.717) is 10.3 Å². The van der Waals surface area contributed by atoms with E-state index in [2.05, 4.69) is 4.98 Å². The average Bonchev–Trinajstić information content (AvgIpc) is 2.32. The number of nitrogens with two attached hydrogens (primary N) is 1. The average molecular weight is 254 g/mol. The fraction of sp³-hybridized carbons (Fsp3) is 0.455. The number of thioether (sulfide) groups is 1. The Labute approximate surface area is 103 Å². The molecule has 17 heavy (non-hydrogen) atoms. The fourth-order valence-corrected chi connectivity index (χ4v) is 2.73. The number of anilines is 1. The summed E-state index contributed by atoms with van der Waals surface area (Å²) in [5.41, 5.74) is 5.87. The molecule has 0 bridgehead atoms. The summed E-state index contributed by atoms with van der Waals surface area (Å²) in [4.78, 5) is 15.1. The van der Waals surface area contributed by atoms with Crippen LogP contribution in [0.1, 0.15) is 23.2 Å². The van der Waals surface area contributed by atoms with Crippen LogP contribution in [0, 0.1) is 0 Å². The van der Waals surface area contributed by atoms with Crippen LogP contribution in [0.5, 0.6) is 0 Å². The van der Waals surface area contributed by atoms with Gasteiger partial charge in [0.25, 0.3) is 0 Å². The third-order valence-corrected chi connectivity index (χ3v) is 3.87. The molecule has 1 saturated heterocycles. The van der Waals surface area contributed by atoms with Gasteiger partial charge in [-0.05, 0) is 18.9 Å². The SMILES string of the molecule is Nc1cnc(SC2CCOCC2)cc1C(=O)O. The predicted octanol–water partition coefficient (Wildman–Crippen LogP) is 1.63. The summed E-state index contributed by atoms with van der Waals surface area (Å²) >= 11 is 1.59. The predicted molar refractivity (Wildman–Crippen MR) is 65.3 cm³/mol. The Balaban J connectivity index is 2.10. The van der Waals surface area contributed by atoms with Gasteiger partial charge in [-0.15, -0.1) is 11.8 Å². The van der Waals surface area contributed by atoms with Crippen molar-refractivity contribution in [2.45, 2.75) is 23.1 Å². The lowest BCUT2D eigenvalue weighted by molar-refractivity contribution is 0.0697. The first-order valence-corrected chi connectivity index (χ1v) is 6.28. The molecule has 92 valence electrons. The quantitative estimate of drug-likeness (QED) is 0.852. The first-order chi connectivity index (χ1) is 8.16. The Bertz CT molecular complexity index is 419. The van der Waals surface area contributed by atoms with Gasteiger partial charge in [0.05, 0.1) is 22.5 Å². The molecule has 0 radical (unpaired) electrons. The number of carboxylic acid groups (broad SMARTS) is 1. The Morgan fingerprint density at radius 3 is 2.88 bits per heavy atom. The molecule has 1 fully saturated rings. The fourth-order valence-electron chi connectivity index (χ4n) is 1.66. The number of hydrogen-bond donors (Lipinski definition) is 2. The Morgan fingerprint density at radius 2 is 2.24 bits per heavy atom. The van der Waals surface area contributed by atoms with Crippen LogP contribution in [-0.2, 0) is 4.74 Å². The van der Waals surface area contributed by atoms with Crippen LogP contribution in [0.4, 0.5) is 5.69 Å². The minimum absolute atomic E-state index is 0.120. The van der Waals surface area contributed by atoms with Gasteiger partial charge in [0.1, 0.15) is 0 Å². The molecular weight excluding hydrogens is 240 g/mol. The van der Waals surface area contributed by atoms with Crippen molar-refractivity contribution in [3.8, 4) is 0 Å². The second kappa shape index (κ2) is 5.37. The highest BCUT2D eigenvalue weighted by Gasteiger charge is 2.17. The zero-order valence-electron chi connectivity index (χ0n) is 9.26. The van der Waals surface area contributed by atoms with Crippen molar-refractivity contribution in [3.63, 3.8) is 0 Å². The first-order valence-electron chi connectivity index (χ1n) is 5.40. The summed E-state index contributed by atoms with van der Waals surface area (Å²) < 4.78 is 5.27. The van der Waals surface area contributed by atoms with E-state index in [1.165, 1.54) is 12.3 Å². The van der Waals surface area contributed by atoms with E-state index in [1.54, 1.807) is 11.8 Å². The lowest BCUT2D eigenvalue weighted by Crippen LogP contribution is -2.17. The summed E-state index contributed by atoms with van der Waals surface area (Å²) in [6, 6.07) is 1.54. The van der Waals surface area contributed by atoms with Crippen molar-refractivity contribution < 1.29 is 14.6 Å². The van der Waals surface area contributed by atoms with Crippen LogP contribution in [0.2, 0.25) is 0 Å². The monoisotopic (exact) mass is 254 g/mol. The van der Waals surface area contributed by atoms with Crippen LogP contribution in [0.15, 0.2) is 17.3 Å². The third-order valence-electron chi connectivity index (χ3n) is 2.60. The van der Waals surface area contributed by atoms with Crippen LogP contribution < -0.4 is 5.73 Å². The molecule has 1 aliphatic heterocycles. The van der Waals surface area contributed by atoms with Gasteiger partial charge in [0, 0.05) is 18.5 Å². The van der Waals surface area contributed by atoms with Gasteiger partial charge in [-0.25, -0.2) is 9.78 Å². The van der Waals surface area contributed by atoms with Crippen molar-refractivity contribution in [3.05, 3.63) is 17.8 Å². The van der Waals surface area contributed by atoms with Gasteiger partial charge in [-0.1, -0.05) is 0 Å². The second-order valence-electron chi connectivity index (χ2n) is 3.84. The highest BCUT2D eigenvalue weighted by molar-refractivity contribution is 7.99. The zero-order chi connectivity index (χ0) is 12.3. The second-order valence-corrected chi connectivity index (χ2v) is 5.17. The minimum Gasteiger partial charge on any atom is -0.478 e. The van der Waals surface area contributed by atoms with Gasteiger partial charge < -0.3 is 15.6 Å². The van der Waals surface area contributed by atoms with E-state index in [1.807, 2.05) is 0 Å². The molecule has 0 amide bonds. The molecule has 2 rings (SSSR count). The van der Waals surface area contributed by atoms with Gasteiger partial charge in [-0.2, -0.15) is 0 Å². The molecule has 1 aromatic heterocycles. The maximum Gasteiger partial charge on any atom is 0.337 e. The number of nitrogens with zero attached hydrogens (tertiary/aromatic N) is 1. The van der Waals surface area contributed by atoms with E-state index in [4.69, 9.17) is 15.6 Å². The number of carbonyl (C=O) groups is 1. The Morgan fingerprint density at radius 1 is 1.53 bits per heavy atom. The lowest BCUT2D eigenvalue weighted by Gasteiger charge is -2.21.